The van der Waals surface area contributed by atoms with Crippen molar-refractivity contribution in [3.63, 3.8) is 0 Å². The van der Waals surface area contributed by atoms with Crippen molar-refractivity contribution < 1.29 is 15.0 Å². The normalized spacial score (nSPS) is 10.0. The van der Waals surface area contributed by atoms with Crippen molar-refractivity contribution >= 4 is 16.9 Å². The number of nitrogens with two attached hydrogens (primary N) is 1. The predicted octanol–water partition coefficient (Wildman–Crippen LogP) is 1.51. The fourth-order valence-electron chi connectivity index (χ4n) is 1.72. The molecule has 0 unspecified atom stereocenters. The molecule has 0 spiro atoms. The number of H-pyrrole nitrogens is 1. The molecule has 1 aromatic heterocycles. The number of para-hydroxylation sites is 1. The average Bonchev–Trinajstić information content (AvgIpc) is 2.81. The quantitative estimate of drug-likeness (QED) is 0.657. The Morgan fingerprint density at radius 2 is 2.05 bits per heavy atom. The van der Waals surface area contributed by atoms with Gasteiger partial charge in [-0.3, -0.25) is 4.79 Å². The fraction of sp³-hybridized carbons (Fsp3) is 0.357. The van der Waals surface area contributed by atoms with Crippen LogP contribution in [0.25, 0.3) is 10.9 Å². The number of rotatable bonds is 5. The number of benzene rings is 1. The van der Waals surface area contributed by atoms with Crippen LogP contribution in [0.1, 0.15) is 18.4 Å². The molecule has 0 aliphatic carbocycles. The second-order valence-corrected chi connectivity index (χ2v) is 4.12. The molecular weight excluding hydrogens is 244 g/mol. The number of hydrogen-bond acceptors (Lipinski definition) is 3. The summed E-state index contributed by atoms with van der Waals surface area (Å²) in [4.78, 5) is 12.9. The number of carboxylic acid groups (broad SMARTS) is 1. The van der Waals surface area contributed by atoms with Crippen LogP contribution in [0.15, 0.2) is 30.5 Å². The number of nitrogens with one attached hydrogen (secondary N) is 1. The summed E-state index contributed by atoms with van der Waals surface area (Å²) in [6.45, 7) is 0.675. The highest BCUT2D eigenvalue weighted by Crippen LogP contribution is 2.17. The Morgan fingerprint density at radius 1 is 1.32 bits per heavy atom. The molecule has 0 aliphatic rings. The molecule has 2 aromatic rings. The molecule has 0 fully saturated rings. The summed E-state index contributed by atoms with van der Waals surface area (Å²) in [6.07, 6.45) is 3.41. The van der Waals surface area contributed by atoms with E-state index in [1.54, 1.807) is 0 Å². The number of hydrogen-bond donors (Lipinski definition) is 4. The molecule has 0 saturated carbocycles. The molecule has 0 bridgehead atoms. The van der Waals surface area contributed by atoms with Gasteiger partial charge < -0.3 is 20.9 Å². The van der Waals surface area contributed by atoms with E-state index in [0.29, 0.717) is 13.0 Å². The minimum atomic E-state index is -0.853. The van der Waals surface area contributed by atoms with Gasteiger partial charge in [-0.05, 0) is 31.0 Å². The molecule has 0 saturated heterocycles. The number of aromatic nitrogens is 1. The topological polar surface area (TPSA) is 99.3 Å². The lowest BCUT2D eigenvalue weighted by molar-refractivity contribution is -0.137. The summed E-state index contributed by atoms with van der Waals surface area (Å²) in [5.41, 5.74) is 8.01. The van der Waals surface area contributed by atoms with Gasteiger partial charge in [0.2, 0.25) is 0 Å². The third kappa shape index (κ3) is 5.11. The number of carbonyl (C=O) groups is 1. The summed E-state index contributed by atoms with van der Waals surface area (Å²) in [5.74, 6) is -0.853. The summed E-state index contributed by atoms with van der Waals surface area (Å²) < 4.78 is 0. The zero-order valence-corrected chi connectivity index (χ0v) is 10.8. The molecule has 2 rings (SSSR count). The molecule has 0 amide bonds. The third-order valence-corrected chi connectivity index (χ3v) is 2.64. The highest BCUT2D eigenvalue weighted by Gasteiger charge is 1.99. The lowest BCUT2D eigenvalue weighted by Crippen LogP contribution is -2.01. The van der Waals surface area contributed by atoms with Gasteiger partial charge in [-0.1, -0.05) is 18.2 Å². The molecule has 19 heavy (non-hydrogen) atoms. The third-order valence-electron chi connectivity index (χ3n) is 2.64. The zero-order chi connectivity index (χ0) is 14.1. The number of aromatic amines is 1. The van der Waals surface area contributed by atoms with Crippen molar-refractivity contribution in [2.24, 2.45) is 5.73 Å². The van der Waals surface area contributed by atoms with Crippen molar-refractivity contribution in [1.29, 1.82) is 0 Å². The monoisotopic (exact) mass is 264 g/mol. The van der Waals surface area contributed by atoms with Gasteiger partial charge in [0.25, 0.3) is 0 Å². The highest BCUT2D eigenvalue weighted by atomic mass is 16.4. The number of aliphatic hydroxyl groups is 1. The minimum Gasteiger partial charge on any atom is -0.481 e. The van der Waals surface area contributed by atoms with E-state index in [9.17, 15) is 4.79 Å². The molecule has 5 N–H and O–H groups in total. The number of carboxylic acids is 1. The van der Waals surface area contributed by atoms with Crippen LogP contribution in [-0.2, 0) is 11.2 Å². The first-order valence-corrected chi connectivity index (χ1v) is 6.26. The smallest absolute Gasteiger partial charge is 0.303 e. The first-order valence-electron chi connectivity index (χ1n) is 6.26. The van der Waals surface area contributed by atoms with Crippen LogP contribution < -0.4 is 5.73 Å². The van der Waals surface area contributed by atoms with E-state index in [1.807, 2.05) is 12.3 Å². The Labute approximate surface area is 112 Å². The summed E-state index contributed by atoms with van der Waals surface area (Å²) >= 11 is 0. The molecule has 1 heterocycles. The maximum absolute atomic E-state index is 9.65. The van der Waals surface area contributed by atoms with Crippen LogP contribution in [0.4, 0.5) is 0 Å². The Kier molecular flexibility index (Phi) is 6.63. The van der Waals surface area contributed by atoms with Crippen molar-refractivity contribution in [3.8, 4) is 0 Å². The van der Waals surface area contributed by atoms with Crippen LogP contribution in [0, 0.1) is 0 Å². The molecule has 0 radical (unpaired) electrons. The second-order valence-electron chi connectivity index (χ2n) is 4.12. The van der Waals surface area contributed by atoms with Crippen LogP contribution in [0.5, 0.6) is 0 Å². The Morgan fingerprint density at radius 3 is 2.63 bits per heavy atom. The molecule has 5 heteroatoms. The second kappa shape index (κ2) is 8.29. The first-order chi connectivity index (χ1) is 9.19. The van der Waals surface area contributed by atoms with Gasteiger partial charge in [0.15, 0.2) is 0 Å². The maximum atomic E-state index is 9.65. The summed E-state index contributed by atoms with van der Waals surface area (Å²) in [7, 11) is 0. The first kappa shape index (κ1) is 15.2. The van der Waals surface area contributed by atoms with Gasteiger partial charge >= 0.3 is 5.97 Å². The van der Waals surface area contributed by atoms with Gasteiger partial charge in [-0.15, -0.1) is 0 Å². The molecule has 1 aromatic carbocycles. The molecular formula is C14H20N2O3. The molecule has 0 aliphatic heterocycles. The van der Waals surface area contributed by atoms with Crippen LogP contribution >= 0.6 is 0 Å². The molecule has 5 nitrogen and oxygen atoms in total. The average molecular weight is 264 g/mol. The lowest BCUT2D eigenvalue weighted by Gasteiger charge is -1.93. The van der Waals surface area contributed by atoms with Gasteiger partial charge in [-0.2, -0.15) is 0 Å². The summed E-state index contributed by atoms with van der Waals surface area (Å²) in [5, 5.41) is 17.3. The van der Waals surface area contributed by atoms with E-state index >= 15 is 0 Å². The van der Waals surface area contributed by atoms with Crippen molar-refractivity contribution in [2.45, 2.75) is 19.3 Å². The van der Waals surface area contributed by atoms with Crippen molar-refractivity contribution in [2.75, 3.05) is 13.2 Å². The maximum Gasteiger partial charge on any atom is 0.303 e. The fourth-order valence-corrected chi connectivity index (χ4v) is 1.72. The Bertz CT molecular complexity index is 508. The van der Waals surface area contributed by atoms with Crippen LogP contribution in [-0.4, -0.2) is 34.3 Å². The minimum absolute atomic E-state index is 0.0354. The lowest BCUT2D eigenvalue weighted by atomic mass is 10.1. The number of aliphatic carboxylic acids is 1. The largest absolute Gasteiger partial charge is 0.481 e. The zero-order valence-electron chi connectivity index (χ0n) is 10.8. The van der Waals surface area contributed by atoms with E-state index in [0.717, 1.165) is 6.42 Å². The van der Waals surface area contributed by atoms with E-state index < -0.39 is 5.97 Å². The number of fused-ring (bicyclic) bond motifs is 1. The molecule has 104 valence electrons. The van der Waals surface area contributed by atoms with Gasteiger partial charge in [0.1, 0.15) is 0 Å². The highest BCUT2D eigenvalue weighted by molar-refractivity contribution is 5.83. The van der Waals surface area contributed by atoms with E-state index in [-0.39, 0.29) is 13.0 Å². The van der Waals surface area contributed by atoms with Crippen LogP contribution in [0.2, 0.25) is 0 Å². The molecule has 0 atom stereocenters. The Balaban J connectivity index is 0.000000224. The van der Waals surface area contributed by atoms with E-state index in [4.69, 9.17) is 15.9 Å². The predicted molar refractivity (Wildman–Crippen MR) is 75.0 cm³/mol. The van der Waals surface area contributed by atoms with Crippen molar-refractivity contribution in [3.05, 3.63) is 36.0 Å². The van der Waals surface area contributed by atoms with Crippen LogP contribution in [0.3, 0.4) is 0 Å². The van der Waals surface area contributed by atoms with E-state index in [2.05, 4.69) is 23.2 Å². The summed E-state index contributed by atoms with van der Waals surface area (Å²) in [6, 6.07) is 8.29. The van der Waals surface area contributed by atoms with Gasteiger partial charge in [0, 0.05) is 30.1 Å². The van der Waals surface area contributed by atoms with Crippen molar-refractivity contribution in [1.82, 2.24) is 4.98 Å². The SMILES string of the molecule is NCCc1c[nH]c2ccccc12.O=C(O)CCCO. The van der Waals surface area contributed by atoms with E-state index in [1.165, 1.54) is 16.5 Å². The number of aliphatic hydroxyl groups excluding tert-OH is 1. The standard InChI is InChI=1S/C10H12N2.C4H8O3/c11-6-5-8-7-12-10-4-2-1-3-9(8)10;5-3-1-2-4(6)7/h1-4,7,12H,5-6,11H2;5H,1-3H2,(H,6,7). The van der Waals surface area contributed by atoms with Gasteiger partial charge in [0.05, 0.1) is 0 Å². The Hall–Kier alpha value is -1.85. The van der Waals surface area contributed by atoms with Gasteiger partial charge in [-0.25, -0.2) is 0 Å².